The fourth-order valence-electron chi connectivity index (χ4n) is 7.37. The highest BCUT2D eigenvalue weighted by Gasteiger charge is 2.45. The van der Waals surface area contributed by atoms with Crippen molar-refractivity contribution >= 4 is 39.3 Å². The van der Waals surface area contributed by atoms with Crippen molar-refractivity contribution in [1.82, 2.24) is 15.2 Å². The third-order valence-corrected chi connectivity index (χ3v) is 10.9. The van der Waals surface area contributed by atoms with Crippen molar-refractivity contribution < 1.29 is 24.6 Å². The minimum absolute atomic E-state index is 0.0324. The van der Waals surface area contributed by atoms with Crippen molar-refractivity contribution in [3.8, 4) is 0 Å². The molecule has 1 unspecified atom stereocenters. The van der Waals surface area contributed by atoms with Gasteiger partial charge in [0.15, 0.2) is 0 Å². The summed E-state index contributed by atoms with van der Waals surface area (Å²) in [5.74, 6) is -1.76. The van der Waals surface area contributed by atoms with E-state index in [1.165, 1.54) is 6.92 Å². The van der Waals surface area contributed by atoms with E-state index in [9.17, 15) is 24.6 Å². The number of benzene rings is 4. The van der Waals surface area contributed by atoms with Crippen LogP contribution in [0.25, 0.3) is 21.5 Å². The summed E-state index contributed by atoms with van der Waals surface area (Å²) in [7, 11) is 0. The van der Waals surface area contributed by atoms with Gasteiger partial charge >= 0.3 is 0 Å². The highest BCUT2D eigenvalue weighted by Crippen LogP contribution is 2.28. The number of hydrogen-bond donors (Lipinski definition) is 4. The van der Waals surface area contributed by atoms with Crippen molar-refractivity contribution in [2.45, 2.75) is 96.4 Å². The number of nitrogens with zero attached hydrogens (tertiary/aromatic N) is 2. The van der Waals surface area contributed by atoms with Gasteiger partial charge in [0.1, 0.15) is 6.04 Å². The molecule has 1 heterocycles. The first-order valence-electron chi connectivity index (χ1n) is 19.5. The van der Waals surface area contributed by atoms with Crippen LogP contribution in [0.3, 0.4) is 0 Å². The van der Waals surface area contributed by atoms with Crippen molar-refractivity contribution in [3.05, 3.63) is 126 Å². The number of pyridine rings is 1. The number of carbonyl (C=O) groups is 3. The third kappa shape index (κ3) is 10.4. The van der Waals surface area contributed by atoms with E-state index in [-0.39, 0.29) is 18.7 Å². The summed E-state index contributed by atoms with van der Waals surface area (Å²) in [5.41, 5.74) is 7.10. The fourth-order valence-corrected chi connectivity index (χ4v) is 7.37. The van der Waals surface area contributed by atoms with E-state index in [0.717, 1.165) is 56.0 Å². The molecule has 4 atom stereocenters. The van der Waals surface area contributed by atoms with Gasteiger partial charge in [0.05, 0.1) is 18.2 Å². The number of imide groups is 1. The van der Waals surface area contributed by atoms with E-state index in [0.29, 0.717) is 25.2 Å². The lowest BCUT2D eigenvalue weighted by molar-refractivity contribution is -0.160. The first-order chi connectivity index (χ1) is 26.4. The third-order valence-electron chi connectivity index (χ3n) is 10.9. The number of fused-ring (bicyclic) bond motifs is 2. The Morgan fingerprint density at radius 3 is 1.85 bits per heavy atom. The summed E-state index contributed by atoms with van der Waals surface area (Å²) in [5, 5.41) is 29.6. The molecule has 1 aromatic heterocycles. The van der Waals surface area contributed by atoms with Gasteiger partial charge in [0, 0.05) is 37.2 Å². The number of rotatable bonds is 18. The van der Waals surface area contributed by atoms with Gasteiger partial charge in [-0.05, 0) is 89.4 Å². The van der Waals surface area contributed by atoms with Crippen LogP contribution in [0.2, 0.25) is 0 Å². The van der Waals surface area contributed by atoms with Crippen LogP contribution in [0.1, 0.15) is 70.1 Å². The number of hydrogen-bond acceptors (Lipinski definition) is 7. The largest absolute Gasteiger partial charge is 0.394 e. The molecule has 4 aromatic carbocycles. The molecule has 0 saturated heterocycles. The quantitative estimate of drug-likeness (QED) is 0.0745. The van der Waals surface area contributed by atoms with E-state index in [2.05, 4.69) is 36.3 Å². The predicted molar refractivity (Wildman–Crippen MR) is 219 cm³/mol. The lowest BCUT2D eigenvalue weighted by atomic mass is 9.87. The number of unbranched alkanes of at least 4 members (excludes halogenated alkanes) is 1. The van der Waals surface area contributed by atoms with Crippen molar-refractivity contribution in [2.24, 2.45) is 17.6 Å². The Bertz CT molecular complexity index is 1960. The second-order valence-corrected chi connectivity index (χ2v) is 15.5. The molecule has 290 valence electrons. The fraction of sp³-hybridized carbons (Fsp3) is 0.391. The van der Waals surface area contributed by atoms with Crippen molar-refractivity contribution in [3.63, 3.8) is 0 Å². The molecule has 55 heavy (non-hydrogen) atoms. The van der Waals surface area contributed by atoms with Gasteiger partial charge in [-0.1, -0.05) is 112 Å². The average Bonchev–Trinajstić information content (AvgIpc) is 3.18. The molecular formula is C46H56N4O5. The van der Waals surface area contributed by atoms with Crippen molar-refractivity contribution in [1.29, 1.82) is 0 Å². The van der Waals surface area contributed by atoms with E-state index in [4.69, 9.17) is 5.73 Å². The monoisotopic (exact) mass is 744 g/mol. The summed E-state index contributed by atoms with van der Waals surface area (Å²) in [6.07, 6.45) is 6.31. The molecule has 0 bridgehead atoms. The lowest BCUT2D eigenvalue weighted by Crippen LogP contribution is -2.66. The molecule has 0 spiro atoms. The molecule has 3 amide bonds. The maximum Gasteiger partial charge on any atom is 0.252 e. The smallest absolute Gasteiger partial charge is 0.252 e. The lowest BCUT2D eigenvalue weighted by Gasteiger charge is -2.42. The van der Waals surface area contributed by atoms with Crippen LogP contribution in [0.15, 0.2) is 109 Å². The normalized spacial score (nSPS) is 14.4. The Balaban J connectivity index is 1.55. The molecule has 5 N–H and O–H groups in total. The van der Waals surface area contributed by atoms with Crippen LogP contribution >= 0.6 is 0 Å². The molecule has 9 nitrogen and oxygen atoms in total. The first-order valence-corrected chi connectivity index (χ1v) is 19.5. The van der Waals surface area contributed by atoms with Crippen LogP contribution in [-0.4, -0.2) is 68.2 Å². The maximum atomic E-state index is 14.9. The molecule has 0 aliphatic rings. The second kappa shape index (κ2) is 19.1. The Morgan fingerprint density at radius 1 is 0.782 bits per heavy atom. The average molecular weight is 745 g/mol. The molecule has 0 radical (unpaired) electrons. The summed E-state index contributed by atoms with van der Waals surface area (Å²) >= 11 is 0. The number of nitrogens with two attached hydrogens (primary N) is 1. The van der Waals surface area contributed by atoms with E-state index >= 15 is 0 Å². The van der Waals surface area contributed by atoms with Gasteiger partial charge < -0.3 is 21.3 Å². The summed E-state index contributed by atoms with van der Waals surface area (Å²) in [6, 6.07) is 28.3. The second-order valence-electron chi connectivity index (χ2n) is 15.5. The zero-order chi connectivity index (χ0) is 39.5. The minimum Gasteiger partial charge on any atom is -0.394 e. The van der Waals surface area contributed by atoms with Gasteiger partial charge in [-0.15, -0.1) is 0 Å². The Kier molecular flexibility index (Phi) is 14.3. The molecule has 0 aliphatic heterocycles. The van der Waals surface area contributed by atoms with E-state index < -0.39 is 48.1 Å². The Hall–Kier alpha value is -4.96. The van der Waals surface area contributed by atoms with Crippen LogP contribution in [-0.2, 0) is 33.6 Å². The summed E-state index contributed by atoms with van der Waals surface area (Å²) < 4.78 is 0. The van der Waals surface area contributed by atoms with Gasteiger partial charge in [-0.2, -0.15) is 0 Å². The van der Waals surface area contributed by atoms with Gasteiger partial charge in [-0.25, -0.2) is 0 Å². The molecular weight excluding hydrogens is 689 g/mol. The first kappa shape index (κ1) is 41.2. The summed E-state index contributed by atoms with van der Waals surface area (Å²) in [4.78, 5) is 49.0. The number of aliphatic hydroxyl groups is 2. The van der Waals surface area contributed by atoms with Crippen LogP contribution in [0.5, 0.6) is 0 Å². The van der Waals surface area contributed by atoms with Gasteiger partial charge in [0.2, 0.25) is 11.8 Å². The SMILES string of the molecule is CC(C)CCCCC(=O)N(C(=O)C(Cc1ccncc1)NC(=O)C(Cc1cccc2ccccc12)Cc1cccc2ccccc12)[C@H](CO)[C@@](C)(O)[C@H](C)N. The molecule has 5 rings (SSSR count). The minimum atomic E-state index is -1.82. The number of aliphatic hydroxyl groups excluding tert-OH is 1. The molecule has 0 aliphatic carbocycles. The molecule has 5 aromatic rings. The van der Waals surface area contributed by atoms with Gasteiger partial charge in [0.25, 0.3) is 5.91 Å². The van der Waals surface area contributed by atoms with Crippen LogP contribution in [0.4, 0.5) is 0 Å². The van der Waals surface area contributed by atoms with Crippen molar-refractivity contribution in [2.75, 3.05) is 6.61 Å². The number of aromatic nitrogens is 1. The highest BCUT2D eigenvalue weighted by molar-refractivity contribution is 6.00. The Labute approximate surface area is 325 Å². The van der Waals surface area contributed by atoms with Crippen LogP contribution in [0, 0.1) is 11.8 Å². The number of nitrogens with one attached hydrogen (secondary N) is 1. The molecule has 0 saturated carbocycles. The standard InChI is InChI=1S/C46H56N4O5/c1-31(2)13-5-10-22-43(52)50(42(30-51)46(4,55)32(3)47)45(54)41(27-33-23-25-48-26-24-33)49-44(53)38(28-36-18-11-16-34-14-6-8-20-39(34)36)29-37-19-12-17-35-15-7-9-21-40(35)37/h6-9,11-12,14-21,23-26,31-32,38,41-42,51,55H,5,10,13,22,27-30,47H2,1-4H3,(H,49,53)/t32-,41?,42+,46-/m0/s1. The number of amides is 3. The van der Waals surface area contributed by atoms with E-state index in [1.807, 2.05) is 72.8 Å². The zero-order valence-electron chi connectivity index (χ0n) is 32.5. The van der Waals surface area contributed by atoms with Gasteiger partial charge in [-0.3, -0.25) is 24.3 Å². The molecule has 0 fully saturated rings. The highest BCUT2D eigenvalue weighted by atomic mass is 16.3. The van der Waals surface area contributed by atoms with Crippen LogP contribution < -0.4 is 11.1 Å². The number of carbonyl (C=O) groups excluding carboxylic acids is 3. The summed E-state index contributed by atoms with van der Waals surface area (Å²) in [6.45, 7) is 6.50. The van der Waals surface area contributed by atoms with E-state index in [1.54, 1.807) is 31.5 Å². The zero-order valence-corrected chi connectivity index (χ0v) is 32.5. The molecule has 9 heteroatoms. The topological polar surface area (TPSA) is 146 Å². The maximum absolute atomic E-state index is 14.9. The predicted octanol–water partition coefficient (Wildman–Crippen LogP) is 6.55. The Morgan fingerprint density at radius 2 is 1.33 bits per heavy atom.